The predicted octanol–water partition coefficient (Wildman–Crippen LogP) is 6.16. The van der Waals surface area contributed by atoms with Crippen molar-refractivity contribution in [1.82, 2.24) is 9.37 Å². The quantitative estimate of drug-likeness (QED) is 0.0211. The van der Waals surface area contributed by atoms with Gasteiger partial charge in [0.05, 0.1) is 16.1 Å². The standard InChI is InChI=1S/C42H52N4O12S3/c1-41(2)32-16-11-12-17-34(32)44(26-14-28-59-58-57-50)36(41)18-9-7-6-8-10-19-37-42(3,4)33-30-31(21-22-35(33)45(37)27-15-29-60(51,52)53)61(54,55)43(5)25-13-20-40(49)56-46-38(47)23-24-39(46)48/h6-12,16-19,21-22,30H,13-15,20,23-29H2,1-5H3,(H-,50,51,52,53)/p+1. The number of sulfonamides is 1. The Morgan fingerprint density at radius 1 is 0.918 bits per heavy atom. The van der Waals surface area contributed by atoms with E-state index in [1.165, 1.54) is 18.7 Å². The van der Waals surface area contributed by atoms with Crippen molar-refractivity contribution in [1.29, 1.82) is 0 Å². The first-order chi connectivity index (χ1) is 28.8. The van der Waals surface area contributed by atoms with Crippen LogP contribution in [-0.2, 0) is 59.6 Å². The molecular formula is C42H53N4O12S3+. The number of benzene rings is 2. The number of carbonyl (C=O) groups is 3. The zero-order valence-corrected chi connectivity index (χ0v) is 37.3. The number of para-hydroxylation sites is 1. The van der Waals surface area contributed by atoms with E-state index >= 15 is 0 Å². The first kappa shape index (κ1) is 47.6. The lowest BCUT2D eigenvalue weighted by Crippen LogP contribution is -2.32. The van der Waals surface area contributed by atoms with Gasteiger partial charge in [-0.1, -0.05) is 67.5 Å². The Labute approximate surface area is 361 Å². The van der Waals surface area contributed by atoms with Gasteiger partial charge in [0.1, 0.15) is 6.54 Å². The fraction of sp³-hybridized carbons (Fsp3) is 0.429. The third-order valence-electron chi connectivity index (χ3n) is 10.8. The molecule has 0 aromatic heterocycles. The zero-order valence-electron chi connectivity index (χ0n) is 34.9. The predicted molar refractivity (Wildman–Crippen MR) is 231 cm³/mol. The van der Waals surface area contributed by atoms with E-state index in [2.05, 4.69) is 46.0 Å². The number of hydroxylamine groups is 2. The highest BCUT2D eigenvalue weighted by Crippen LogP contribution is 2.49. The largest absolute Gasteiger partial charge is 0.344 e. The van der Waals surface area contributed by atoms with E-state index in [9.17, 15) is 35.8 Å². The maximum atomic E-state index is 13.7. The molecule has 3 aliphatic heterocycles. The number of imide groups is 1. The molecule has 1 saturated heterocycles. The molecule has 1 fully saturated rings. The van der Waals surface area contributed by atoms with Crippen LogP contribution in [0.4, 0.5) is 11.4 Å². The molecule has 2 aromatic rings. The summed E-state index contributed by atoms with van der Waals surface area (Å²) >= 11 is 1.03. The highest BCUT2D eigenvalue weighted by molar-refractivity contribution is 7.94. The van der Waals surface area contributed by atoms with Gasteiger partial charge in [0, 0.05) is 98.1 Å². The number of anilines is 1. The van der Waals surface area contributed by atoms with E-state index < -0.39 is 49.1 Å². The molecule has 16 nitrogen and oxygen atoms in total. The maximum absolute atomic E-state index is 13.7. The fourth-order valence-electron chi connectivity index (χ4n) is 7.72. The second kappa shape index (κ2) is 20.1. The first-order valence-electron chi connectivity index (χ1n) is 19.8. The summed E-state index contributed by atoms with van der Waals surface area (Å²) in [5.41, 5.74) is 4.71. The summed E-state index contributed by atoms with van der Waals surface area (Å²) in [5, 5.41) is 12.6. The first-order valence-corrected chi connectivity index (χ1v) is 23.7. The second-order valence-corrected chi connectivity index (χ2v) is 20.1. The smallest absolute Gasteiger partial charge is 0.333 e. The van der Waals surface area contributed by atoms with Gasteiger partial charge in [-0.05, 0) is 56.5 Å². The van der Waals surface area contributed by atoms with Gasteiger partial charge in [-0.3, -0.25) is 14.1 Å². The molecule has 3 aliphatic rings. The highest BCUT2D eigenvalue weighted by atomic mass is 32.2. The van der Waals surface area contributed by atoms with E-state index in [0.717, 1.165) is 46.4 Å². The number of allylic oxidation sites excluding steroid dienone is 8. The average molecular weight is 902 g/mol. The SMILES string of the molecule is CN(CCCC(=O)ON1C(=O)CCC1=O)S(=O)(=O)c1ccc2c(c1)C(C)(C)C(=CC=CC=CC=CC1=[N+](CCCSOOO)c3ccccc3C1(C)C)N2CCCS(=O)(=O)O. The van der Waals surface area contributed by atoms with Crippen LogP contribution in [0, 0.1) is 0 Å². The molecule has 19 heteroatoms. The second-order valence-electron chi connectivity index (χ2n) is 15.7. The topological polar surface area (TPSA) is 200 Å². The molecule has 0 unspecified atom stereocenters. The number of rotatable bonds is 21. The molecule has 3 heterocycles. The van der Waals surface area contributed by atoms with E-state index in [1.807, 2.05) is 67.3 Å². The minimum Gasteiger partial charge on any atom is -0.344 e. The summed E-state index contributed by atoms with van der Waals surface area (Å²) < 4.78 is 68.1. The molecule has 0 spiro atoms. The molecule has 2 N–H and O–H groups in total. The summed E-state index contributed by atoms with van der Waals surface area (Å²) in [6.45, 7) is 9.20. The lowest BCUT2D eigenvalue weighted by atomic mass is 9.81. The normalized spacial score (nSPS) is 18.3. The van der Waals surface area contributed by atoms with Gasteiger partial charge >= 0.3 is 5.97 Å². The van der Waals surface area contributed by atoms with Crippen LogP contribution in [0.5, 0.6) is 0 Å². The van der Waals surface area contributed by atoms with Crippen LogP contribution in [0.15, 0.2) is 95.6 Å². The lowest BCUT2D eigenvalue weighted by molar-refractivity contribution is -0.438. The van der Waals surface area contributed by atoms with Crippen LogP contribution in [-0.4, -0.2) is 102 Å². The fourth-order valence-corrected chi connectivity index (χ4v) is 9.81. The van der Waals surface area contributed by atoms with Gasteiger partial charge in [-0.25, -0.2) is 22.8 Å². The van der Waals surface area contributed by atoms with Crippen LogP contribution in [0.3, 0.4) is 0 Å². The van der Waals surface area contributed by atoms with Gasteiger partial charge in [0.15, 0.2) is 5.71 Å². The molecule has 2 aromatic carbocycles. The van der Waals surface area contributed by atoms with E-state index in [-0.39, 0.29) is 55.5 Å². The molecule has 0 aliphatic carbocycles. The minimum atomic E-state index is -4.22. The van der Waals surface area contributed by atoms with Crippen molar-refractivity contribution in [2.75, 3.05) is 43.1 Å². The van der Waals surface area contributed by atoms with Crippen LogP contribution in [0.25, 0.3) is 0 Å². The highest BCUT2D eigenvalue weighted by Gasteiger charge is 2.44. The Morgan fingerprint density at radius 3 is 2.31 bits per heavy atom. The Balaban J connectivity index is 1.31. The number of hydrogen-bond donors (Lipinski definition) is 2. The molecule has 0 bridgehead atoms. The zero-order chi connectivity index (χ0) is 44.6. The molecule has 0 radical (unpaired) electrons. The van der Waals surface area contributed by atoms with E-state index in [0.29, 0.717) is 22.1 Å². The minimum absolute atomic E-state index is 0.0243. The molecule has 5 rings (SSSR count). The van der Waals surface area contributed by atoms with Gasteiger partial charge in [0.25, 0.3) is 21.9 Å². The number of fused-ring (bicyclic) bond motifs is 2. The molecule has 61 heavy (non-hydrogen) atoms. The summed E-state index contributed by atoms with van der Waals surface area (Å²) in [6.07, 6.45) is 14.2. The van der Waals surface area contributed by atoms with Crippen molar-refractivity contribution in [3.63, 3.8) is 0 Å². The molecular weight excluding hydrogens is 849 g/mol. The van der Waals surface area contributed by atoms with Crippen molar-refractivity contribution < 1.29 is 59.8 Å². The van der Waals surface area contributed by atoms with Crippen molar-refractivity contribution in [2.45, 2.75) is 81.9 Å². The Morgan fingerprint density at radius 2 is 1.61 bits per heavy atom. The summed E-state index contributed by atoms with van der Waals surface area (Å²) in [4.78, 5) is 42.6. The number of nitrogens with zero attached hydrogens (tertiary/aromatic N) is 4. The average Bonchev–Trinajstić information content (AvgIpc) is 3.71. The van der Waals surface area contributed by atoms with Crippen molar-refractivity contribution in [3.8, 4) is 0 Å². The van der Waals surface area contributed by atoms with E-state index in [4.69, 9.17) is 10.1 Å². The molecule has 330 valence electrons. The summed E-state index contributed by atoms with van der Waals surface area (Å²) in [7, 11) is -6.85. The monoisotopic (exact) mass is 901 g/mol. The Hall–Kier alpha value is -4.47. The maximum Gasteiger partial charge on any atom is 0.333 e. The molecule has 0 atom stereocenters. The summed E-state index contributed by atoms with van der Waals surface area (Å²) in [5.74, 6) is -1.85. The Kier molecular flexibility index (Phi) is 15.7. The number of carbonyl (C=O) groups excluding carboxylic acids is 3. The van der Waals surface area contributed by atoms with Crippen molar-refractivity contribution in [3.05, 3.63) is 102 Å². The third-order valence-corrected chi connectivity index (χ3v) is 14.1. The van der Waals surface area contributed by atoms with Crippen LogP contribution >= 0.6 is 12.0 Å². The van der Waals surface area contributed by atoms with Crippen LogP contribution < -0.4 is 4.90 Å². The van der Waals surface area contributed by atoms with Gasteiger partial charge in [-0.15, -0.1) is 9.40 Å². The summed E-state index contributed by atoms with van der Waals surface area (Å²) in [6, 6.07) is 13.1. The third kappa shape index (κ3) is 11.3. The van der Waals surface area contributed by atoms with Gasteiger partial charge < -0.3 is 9.74 Å². The van der Waals surface area contributed by atoms with Crippen LogP contribution in [0.1, 0.15) is 77.3 Å². The number of amides is 2. The Bertz CT molecular complexity index is 2350. The lowest BCUT2D eigenvalue weighted by Gasteiger charge is -2.27. The van der Waals surface area contributed by atoms with Gasteiger partial charge in [0.2, 0.25) is 15.7 Å². The van der Waals surface area contributed by atoms with Crippen LogP contribution in [0.2, 0.25) is 0 Å². The van der Waals surface area contributed by atoms with Crippen molar-refractivity contribution >= 4 is 67.1 Å². The van der Waals surface area contributed by atoms with Crippen molar-refractivity contribution in [2.24, 2.45) is 0 Å². The molecule has 2 amide bonds. The van der Waals surface area contributed by atoms with Gasteiger partial charge in [-0.2, -0.15) is 13.0 Å². The molecule has 0 saturated carbocycles. The number of hydrogen-bond acceptors (Lipinski definition) is 13. The van der Waals surface area contributed by atoms with E-state index in [1.54, 1.807) is 12.1 Å².